The predicted octanol–water partition coefficient (Wildman–Crippen LogP) is 3.10. The van der Waals surface area contributed by atoms with E-state index in [4.69, 9.17) is 5.11 Å². The zero-order valence-corrected chi connectivity index (χ0v) is 13.4. The topological polar surface area (TPSA) is 91.3 Å². The highest BCUT2D eigenvalue weighted by Gasteiger charge is 2.35. The third-order valence-electron chi connectivity index (χ3n) is 3.88. The van der Waals surface area contributed by atoms with Gasteiger partial charge in [-0.15, -0.1) is 0 Å². The predicted molar refractivity (Wildman–Crippen MR) is 88.6 cm³/mol. The molecule has 6 nitrogen and oxygen atoms in total. The van der Waals surface area contributed by atoms with E-state index in [0.29, 0.717) is 18.0 Å². The van der Waals surface area contributed by atoms with Crippen molar-refractivity contribution in [3.63, 3.8) is 0 Å². The Morgan fingerprint density at radius 1 is 1.26 bits per heavy atom. The quantitative estimate of drug-likeness (QED) is 0.803. The molecular formula is C16H17N3O3S. The molecule has 1 heterocycles. The van der Waals surface area contributed by atoms with Gasteiger partial charge in [-0.1, -0.05) is 41.7 Å². The molecule has 23 heavy (non-hydrogen) atoms. The summed E-state index contributed by atoms with van der Waals surface area (Å²) in [5, 5.41) is 14.9. The average molecular weight is 331 g/mol. The number of carbonyl (C=O) groups excluding carboxylic acids is 1. The second kappa shape index (κ2) is 6.37. The summed E-state index contributed by atoms with van der Waals surface area (Å²) in [6.07, 6.45) is 0.962. The Kier molecular flexibility index (Phi) is 4.29. The molecule has 0 saturated heterocycles. The molecule has 1 aliphatic rings. The number of urea groups is 1. The molecule has 2 aromatic rings. The van der Waals surface area contributed by atoms with Crippen molar-refractivity contribution in [1.82, 2.24) is 10.3 Å². The number of aromatic nitrogens is 1. The van der Waals surface area contributed by atoms with Crippen LogP contribution in [0, 0.1) is 12.8 Å². The molecule has 0 spiro atoms. The summed E-state index contributed by atoms with van der Waals surface area (Å²) in [7, 11) is 0. The van der Waals surface area contributed by atoms with Crippen LogP contribution in [0.4, 0.5) is 9.93 Å². The summed E-state index contributed by atoms with van der Waals surface area (Å²) < 4.78 is 0. The van der Waals surface area contributed by atoms with E-state index in [-0.39, 0.29) is 18.0 Å². The zero-order valence-electron chi connectivity index (χ0n) is 12.6. The number of aryl methyl sites for hydroxylation is 1. The minimum Gasteiger partial charge on any atom is -0.481 e. The first-order valence-electron chi connectivity index (χ1n) is 7.36. The van der Waals surface area contributed by atoms with Gasteiger partial charge in [0.2, 0.25) is 0 Å². The molecule has 3 rings (SSSR count). The van der Waals surface area contributed by atoms with Crippen LogP contribution >= 0.6 is 11.3 Å². The second-order valence-electron chi connectivity index (χ2n) is 5.60. The lowest BCUT2D eigenvalue weighted by molar-refractivity contribution is -0.145. The van der Waals surface area contributed by atoms with E-state index >= 15 is 0 Å². The van der Waals surface area contributed by atoms with Gasteiger partial charge < -0.3 is 10.4 Å². The zero-order chi connectivity index (χ0) is 16.4. The molecule has 0 radical (unpaired) electrons. The fraction of sp³-hybridized carbons (Fsp3) is 0.312. The molecule has 1 aromatic carbocycles. The van der Waals surface area contributed by atoms with Crippen molar-refractivity contribution in [1.29, 1.82) is 0 Å². The Bertz CT molecular complexity index is 723. The molecule has 3 N–H and O–H groups in total. The molecule has 0 unspecified atom stereocenters. The molecular weight excluding hydrogens is 314 g/mol. The minimum atomic E-state index is -0.800. The first-order chi connectivity index (χ1) is 11.0. The van der Waals surface area contributed by atoms with Gasteiger partial charge in [-0.25, -0.2) is 9.78 Å². The largest absolute Gasteiger partial charge is 0.481 e. The van der Waals surface area contributed by atoms with E-state index in [1.165, 1.54) is 11.3 Å². The van der Waals surface area contributed by atoms with Crippen molar-refractivity contribution >= 4 is 28.5 Å². The van der Waals surface area contributed by atoms with Gasteiger partial charge in [0.25, 0.3) is 0 Å². The van der Waals surface area contributed by atoms with Gasteiger partial charge in [0.15, 0.2) is 5.13 Å². The van der Waals surface area contributed by atoms with Crippen LogP contribution in [0.15, 0.2) is 30.3 Å². The Morgan fingerprint density at radius 3 is 2.61 bits per heavy atom. The Morgan fingerprint density at radius 2 is 1.96 bits per heavy atom. The number of anilines is 1. The van der Waals surface area contributed by atoms with Gasteiger partial charge in [0.05, 0.1) is 16.5 Å². The summed E-state index contributed by atoms with van der Waals surface area (Å²) in [5.41, 5.74) is 1.94. The lowest BCUT2D eigenvalue weighted by atomic mass is 9.80. The molecule has 0 aliphatic heterocycles. The fourth-order valence-corrected chi connectivity index (χ4v) is 3.53. The Balaban J connectivity index is 1.59. The lowest BCUT2D eigenvalue weighted by Crippen LogP contribution is -2.48. The smallest absolute Gasteiger partial charge is 0.321 e. The molecule has 2 amide bonds. The van der Waals surface area contributed by atoms with E-state index in [0.717, 1.165) is 16.1 Å². The summed E-state index contributed by atoms with van der Waals surface area (Å²) in [6, 6.07) is 9.47. The van der Waals surface area contributed by atoms with Gasteiger partial charge in [0.1, 0.15) is 0 Å². The van der Waals surface area contributed by atoms with Crippen molar-refractivity contribution in [3.8, 4) is 10.4 Å². The molecule has 1 aromatic heterocycles. The molecule has 120 valence electrons. The SMILES string of the molecule is Cc1nc(NC(=O)NC2CC(C(=O)O)C2)sc1-c1ccccc1. The van der Waals surface area contributed by atoms with Crippen LogP contribution in [0.1, 0.15) is 18.5 Å². The Hall–Kier alpha value is -2.41. The van der Waals surface area contributed by atoms with Crippen molar-refractivity contribution < 1.29 is 14.7 Å². The summed E-state index contributed by atoms with van der Waals surface area (Å²) in [5.74, 6) is -1.14. The van der Waals surface area contributed by atoms with Crippen LogP contribution in [0.3, 0.4) is 0 Å². The van der Waals surface area contributed by atoms with Crippen LogP contribution in [0.2, 0.25) is 0 Å². The highest BCUT2D eigenvalue weighted by atomic mass is 32.1. The van der Waals surface area contributed by atoms with Crippen LogP contribution in [0.5, 0.6) is 0 Å². The molecule has 7 heteroatoms. The summed E-state index contributed by atoms with van der Waals surface area (Å²) in [4.78, 5) is 28.1. The Labute approximate surface area is 137 Å². The maximum atomic E-state index is 11.9. The number of hydrogen-bond donors (Lipinski definition) is 3. The number of amides is 2. The highest BCUT2D eigenvalue weighted by Crippen LogP contribution is 2.32. The van der Waals surface area contributed by atoms with E-state index in [9.17, 15) is 9.59 Å². The van der Waals surface area contributed by atoms with E-state index in [2.05, 4.69) is 15.6 Å². The maximum absolute atomic E-state index is 11.9. The van der Waals surface area contributed by atoms with Gasteiger partial charge in [-0.2, -0.15) is 0 Å². The van der Waals surface area contributed by atoms with Gasteiger partial charge in [0, 0.05) is 6.04 Å². The number of nitrogens with one attached hydrogen (secondary N) is 2. The third-order valence-corrected chi connectivity index (χ3v) is 5.00. The van der Waals surface area contributed by atoms with Crippen molar-refractivity contribution in [2.45, 2.75) is 25.8 Å². The van der Waals surface area contributed by atoms with Crippen molar-refractivity contribution in [2.24, 2.45) is 5.92 Å². The average Bonchev–Trinajstić information content (AvgIpc) is 2.83. The number of thiazole rings is 1. The van der Waals surface area contributed by atoms with E-state index in [1.807, 2.05) is 37.3 Å². The number of carbonyl (C=O) groups is 2. The highest BCUT2D eigenvalue weighted by molar-refractivity contribution is 7.19. The number of nitrogens with zero attached hydrogens (tertiary/aromatic N) is 1. The number of rotatable bonds is 4. The number of benzene rings is 1. The first kappa shape index (κ1) is 15.5. The van der Waals surface area contributed by atoms with Crippen LogP contribution in [0.25, 0.3) is 10.4 Å². The normalized spacial score (nSPS) is 19.7. The molecule has 1 fully saturated rings. The monoisotopic (exact) mass is 331 g/mol. The molecule has 0 bridgehead atoms. The van der Waals surface area contributed by atoms with Gasteiger partial charge in [-0.05, 0) is 25.3 Å². The molecule has 1 aliphatic carbocycles. The summed E-state index contributed by atoms with van der Waals surface area (Å²) in [6.45, 7) is 1.91. The van der Waals surface area contributed by atoms with Crippen LogP contribution in [-0.4, -0.2) is 28.1 Å². The van der Waals surface area contributed by atoms with E-state index < -0.39 is 5.97 Å². The second-order valence-corrected chi connectivity index (χ2v) is 6.60. The number of carboxylic acid groups (broad SMARTS) is 1. The third kappa shape index (κ3) is 3.50. The van der Waals surface area contributed by atoms with Crippen LogP contribution in [-0.2, 0) is 4.79 Å². The number of aliphatic carboxylic acids is 1. The summed E-state index contributed by atoms with van der Waals surface area (Å²) >= 11 is 1.42. The van der Waals surface area contributed by atoms with Gasteiger partial charge in [-0.3, -0.25) is 10.1 Å². The minimum absolute atomic E-state index is 0.0780. The van der Waals surface area contributed by atoms with Crippen molar-refractivity contribution in [2.75, 3.05) is 5.32 Å². The maximum Gasteiger partial charge on any atom is 0.321 e. The van der Waals surface area contributed by atoms with E-state index in [1.54, 1.807) is 0 Å². The lowest BCUT2D eigenvalue weighted by Gasteiger charge is -2.32. The number of carboxylic acids is 1. The van der Waals surface area contributed by atoms with Crippen LogP contribution < -0.4 is 10.6 Å². The van der Waals surface area contributed by atoms with Gasteiger partial charge >= 0.3 is 12.0 Å². The fourth-order valence-electron chi connectivity index (χ4n) is 2.56. The number of hydrogen-bond acceptors (Lipinski definition) is 4. The molecule has 1 saturated carbocycles. The molecule has 0 atom stereocenters. The first-order valence-corrected chi connectivity index (χ1v) is 8.17. The standard InChI is InChI=1S/C16H17N3O3S/c1-9-13(10-5-3-2-4-6-10)23-16(17-9)19-15(22)18-12-7-11(8-12)14(20)21/h2-6,11-12H,7-8H2,1H3,(H,20,21)(H2,17,18,19,22). The van der Waals surface area contributed by atoms with Crippen molar-refractivity contribution in [3.05, 3.63) is 36.0 Å².